The van der Waals surface area contributed by atoms with Crippen LogP contribution >= 0.6 is 0 Å². The Labute approximate surface area is 186 Å². The van der Waals surface area contributed by atoms with E-state index in [1.165, 1.54) is 50.7 Å². The Balaban J connectivity index is 1.79. The molecule has 1 aromatic rings. The van der Waals surface area contributed by atoms with Gasteiger partial charge in [-0.3, -0.25) is 4.79 Å². The van der Waals surface area contributed by atoms with Crippen LogP contribution in [0.2, 0.25) is 0 Å². The molecule has 0 spiro atoms. The summed E-state index contributed by atoms with van der Waals surface area (Å²) >= 11 is 0. The highest BCUT2D eigenvalue weighted by molar-refractivity contribution is 5.97. The maximum absolute atomic E-state index is 13.0. The van der Waals surface area contributed by atoms with Gasteiger partial charge in [-0.2, -0.15) is 5.10 Å². The molecule has 2 fully saturated rings. The molecule has 6 heteroatoms. The SMILES string of the molecule is CCOc1cc(C(=O)N/N=C2/CCCCC2C2CCCCC2)cc(OCC)c1OCC. The van der Waals surface area contributed by atoms with Gasteiger partial charge in [0.05, 0.1) is 19.8 Å². The Morgan fingerprint density at radius 1 is 0.903 bits per heavy atom. The van der Waals surface area contributed by atoms with Gasteiger partial charge in [0.1, 0.15) is 0 Å². The van der Waals surface area contributed by atoms with Crippen molar-refractivity contribution in [1.82, 2.24) is 5.43 Å². The smallest absolute Gasteiger partial charge is 0.271 e. The average molecular weight is 431 g/mol. The Morgan fingerprint density at radius 3 is 2.13 bits per heavy atom. The van der Waals surface area contributed by atoms with E-state index in [-0.39, 0.29) is 5.91 Å². The number of amides is 1. The molecule has 1 unspecified atom stereocenters. The number of hydrazone groups is 1. The molecular formula is C25H38N2O4. The van der Waals surface area contributed by atoms with Crippen LogP contribution in [0.15, 0.2) is 17.2 Å². The maximum atomic E-state index is 13.0. The van der Waals surface area contributed by atoms with Crippen LogP contribution in [-0.4, -0.2) is 31.4 Å². The molecule has 1 N–H and O–H groups in total. The Kier molecular flexibility index (Phi) is 9.04. The molecule has 1 atom stereocenters. The van der Waals surface area contributed by atoms with Crippen LogP contribution in [0.25, 0.3) is 0 Å². The van der Waals surface area contributed by atoms with Crippen LogP contribution in [0.3, 0.4) is 0 Å². The van der Waals surface area contributed by atoms with Crippen molar-refractivity contribution in [3.05, 3.63) is 17.7 Å². The van der Waals surface area contributed by atoms with Crippen molar-refractivity contribution in [3.63, 3.8) is 0 Å². The standard InChI is InChI=1S/C25H38N2O4/c1-4-29-22-16-19(17-23(30-5-2)24(22)31-6-3)25(28)27-26-21-15-11-10-14-20(21)18-12-8-7-9-13-18/h16-18,20H,4-15H2,1-3H3,(H,27,28)/b26-21-. The van der Waals surface area contributed by atoms with Gasteiger partial charge in [0.2, 0.25) is 5.75 Å². The summed E-state index contributed by atoms with van der Waals surface area (Å²) in [5.74, 6) is 2.58. The molecule has 0 bridgehead atoms. The van der Waals surface area contributed by atoms with E-state index in [1.54, 1.807) is 12.1 Å². The van der Waals surface area contributed by atoms with Crippen molar-refractivity contribution in [2.75, 3.05) is 19.8 Å². The number of hydrogen-bond donors (Lipinski definition) is 1. The second kappa shape index (κ2) is 12.0. The van der Waals surface area contributed by atoms with Gasteiger partial charge >= 0.3 is 0 Å². The molecule has 0 aliphatic heterocycles. The number of ether oxygens (including phenoxy) is 3. The number of rotatable bonds is 9. The van der Waals surface area contributed by atoms with Crippen LogP contribution < -0.4 is 19.6 Å². The number of hydrogen-bond acceptors (Lipinski definition) is 5. The van der Waals surface area contributed by atoms with Gasteiger partial charge in [0.15, 0.2) is 11.5 Å². The molecule has 0 radical (unpaired) electrons. The quantitative estimate of drug-likeness (QED) is 0.507. The fourth-order valence-corrected chi connectivity index (χ4v) is 4.91. The van der Waals surface area contributed by atoms with E-state index in [1.807, 2.05) is 20.8 Å². The van der Waals surface area contributed by atoms with Crippen molar-refractivity contribution in [2.24, 2.45) is 16.9 Å². The summed E-state index contributed by atoms with van der Waals surface area (Å²) in [6, 6.07) is 3.43. The fraction of sp³-hybridized carbons (Fsp3) is 0.680. The summed E-state index contributed by atoms with van der Waals surface area (Å²) in [7, 11) is 0. The van der Waals surface area contributed by atoms with Crippen LogP contribution in [0.1, 0.15) is 88.9 Å². The van der Waals surface area contributed by atoms with E-state index in [0.717, 1.165) is 18.8 Å². The minimum absolute atomic E-state index is 0.245. The predicted octanol–water partition coefficient (Wildman–Crippen LogP) is 5.74. The van der Waals surface area contributed by atoms with Gasteiger partial charge in [-0.1, -0.05) is 25.7 Å². The van der Waals surface area contributed by atoms with Crippen LogP contribution in [0.5, 0.6) is 17.2 Å². The van der Waals surface area contributed by atoms with Crippen LogP contribution in [0, 0.1) is 11.8 Å². The van der Waals surface area contributed by atoms with E-state index >= 15 is 0 Å². The molecule has 3 rings (SSSR count). The molecule has 2 aliphatic rings. The molecule has 2 aliphatic carbocycles. The van der Waals surface area contributed by atoms with E-state index in [2.05, 4.69) is 10.5 Å². The summed E-state index contributed by atoms with van der Waals surface area (Å²) in [5, 5.41) is 4.63. The van der Waals surface area contributed by atoms with Gasteiger partial charge in [0.25, 0.3) is 5.91 Å². The third-order valence-electron chi connectivity index (χ3n) is 6.32. The second-order valence-electron chi connectivity index (χ2n) is 8.40. The summed E-state index contributed by atoms with van der Waals surface area (Å²) in [6.07, 6.45) is 11.2. The highest BCUT2D eigenvalue weighted by Crippen LogP contribution is 2.39. The molecule has 0 saturated heterocycles. The average Bonchev–Trinajstić information content (AvgIpc) is 2.80. The van der Waals surface area contributed by atoms with E-state index in [9.17, 15) is 4.79 Å². The van der Waals surface area contributed by atoms with Gasteiger partial charge in [-0.25, -0.2) is 5.43 Å². The monoisotopic (exact) mass is 430 g/mol. The van der Waals surface area contributed by atoms with E-state index in [0.29, 0.717) is 48.6 Å². The molecule has 1 amide bonds. The van der Waals surface area contributed by atoms with Crippen molar-refractivity contribution < 1.29 is 19.0 Å². The van der Waals surface area contributed by atoms with Crippen molar-refractivity contribution >= 4 is 11.6 Å². The Hall–Kier alpha value is -2.24. The third-order valence-corrected chi connectivity index (χ3v) is 6.32. The topological polar surface area (TPSA) is 69.2 Å². The Morgan fingerprint density at radius 2 is 1.52 bits per heavy atom. The molecule has 6 nitrogen and oxygen atoms in total. The summed E-state index contributed by atoms with van der Waals surface area (Å²) in [6.45, 7) is 7.16. The molecule has 172 valence electrons. The first-order chi connectivity index (χ1) is 15.2. The molecule has 1 aromatic carbocycles. The highest BCUT2D eigenvalue weighted by Gasteiger charge is 2.30. The lowest BCUT2D eigenvalue weighted by molar-refractivity contribution is 0.0953. The van der Waals surface area contributed by atoms with Gasteiger partial charge in [-0.05, 0) is 70.9 Å². The van der Waals surface area contributed by atoms with Crippen molar-refractivity contribution in [2.45, 2.75) is 78.6 Å². The van der Waals surface area contributed by atoms with Crippen molar-refractivity contribution in [1.29, 1.82) is 0 Å². The first kappa shape index (κ1) is 23.4. The number of nitrogens with zero attached hydrogens (tertiary/aromatic N) is 1. The van der Waals surface area contributed by atoms with Gasteiger partial charge in [-0.15, -0.1) is 0 Å². The molecule has 0 heterocycles. The summed E-state index contributed by atoms with van der Waals surface area (Å²) < 4.78 is 17.2. The van der Waals surface area contributed by atoms with Gasteiger partial charge in [0, 0.05) is 17.2 Å². The zero-order chi connectivity index (χ0) is 22.1. The second-order valence-corrected chi connectivity index (χ2v) is 8.40. The lowest BCUT2D eigenvalue weighted by Crippen LogP contribution is -2.31. The minimum Gasteiger partial charge on any atom is -0.490 e. The highest BCUT2D eigenvalue weighted by atomic mass is 16.5. The van der Waals surface area contributed by atoms with Gasteiger partial charge < -0.3 is 14.2 Å². The predicted molar refractivity (Wildman–Crippen MR) is 123 cm³/mol. The normalized spacial score (nSPS) is 21.0. The molecular weight excluding hydrogens is 392 g/mol. The number of nitrogens with one attached hydrogen (secondary N) is 1. The summed E-state index contributed by atoms with van der Waals surface area (Å²) in [4.78, 5) is 13.0. The lowest BCUT2D eigenvalue weighted by Gasteiger charge is -2.33. The van der Waals surface area contributed by atoms with Crippen LogP contribution in [-0.2, 0) is 0 Å². The third kappa shape index (κ3) is 6.14. The minimum atomic E-state index is -0.245. The van der Waals surface area contributed by atoms with Crippen molar-refractivity contribution in [3.8, 4) is 17.2 Å². The molecule has 31 heavy (non-hydrogen) atoms. The fourth-order valence-electron chi connectivity index (χ4n) is 4.91. The summed E-state index contributed by atoms with van der Waals surface area (Å²) in [5.41, 5.74) is 4.46. The molecule has 2 saturated carbocycles. The zero-order valence-electron chi connectivity index (χ0n) is 19.4. The number of carbonyl (C=O) groups excluding carboxylic acids is 1. The van der Waals surface area contributed by atoms with E-state index < -0.39 is 0 Å². The molecule has 0 aromatic heterocycles. The first-order valence-corrected chi connectivity index (χ1v) is 12.1. The largest absolute Gasteiger partial charge is 0.490 e. The first-order valence-electron chi connectivity index (χ1n) is 12.1. The maximum Gasteiger partial charge on any atom is 0.271 e. The van der Waals surface area contributed by atoms with Crippen LogP contribution in [0.4, 0.5) is 0 Å². The lowest BCUT2D eigenvalue weighted by atomic mass is 9.72. The number of benzene rings is 1. The zero-order valence-corrected chi connectivity index (χ0v) is 19.4. The van der Waals surface area contributed by atoms with E-state index in [4.69, 9.17) is 14.2 Å². The number of carbonyl (C=O) groups is 1. The Bertz CT molecular complexity index is 729.